The minimum Gasteiger partial charge on any atom is -0.357 e. The first kappa shape index (κ1) is 29.6. The molecule has 0 bridgehead atoms. The van der Waals surface area contributed by atoms with Gasteiger partial charge in [-0.2, -0.15) is 0 Å². The van der Waals surface area contributed by atoms with Crippen molar-refractivity contribution >= 4 is 27.5 Å². The van der Waals surface area contributed by atoms with E-state index < -0.39 is 28.5 Å². The monoisotopic (exact) mass is 569 g/mol. The Balaban J connectivity index is 1.77. The Bertz CT molecular complexity index is 1570. The quantitative estimate of drug-likeness (QED) is 0.279. The van der Waals surface area contributed by atoms with Gasteiger partial charge >= 0.3 is 0 Å². The third kappa shape index (κ3) is 7.41. The number of benzene rings is 4. The van der Waals surface area contributed by atoms with Gasteiger partial charge in [0.25, 0.3) is 10.0 Å². The fourth-order valence-corrected chi connectivity index (χ4v) is 6.10. The predicted octanol–water partition coefficient (Wildman–Crippen LogP) is 4.88. The first-order valence-electron chi connectivity index (χ1n) is 13.4. The van der Waals surface area contributed by atoms with Crippen LogP contribution >= 0.6 is 0 Å². The molecule has 4 aromatic rings. The van der Waals surface area contributed by atoms with E-state index in [0.717, 1.165) is 26.6 Å². The minimum absolute atomic E-state index is 0.0807. The molecule has 2 amide bonds. The topological polar surface area (TPSA) is 86.8 Å². The van der Waals surface area contributed by atoms with Gasteiger partial charge < -0.3 is 10.2 Å². The van der Waals surface area contributed by atoms with E-state index in [0.29, 0.717) is 5.69 Å². The van der Waals surface area contributed by atoms with Crippen LogP contribution in [0.3, 0.4) is 0 Å². The van der Waals surface area contributed by atoms with Crippen molar-refractivity contribution in [2.24, 2.45) is 0 Å². The Morgan fingerprint density at radius 1 is 0.756 bits per heavy atom. The highest BCUT2D eigenvalue weighted by Crippen LogP contribution is 2.25. The molecule has 0 fully saturated rings. The number of amides is 2. The van der Waals surface area contributed by atoms with Gasteiger partial charge in [-0.1, -0.05) is 96.1 Å². The van der Waals surface area contributed by atoms with Crippen molar-refractivity contribution in [2.45, 2.75) is 37.8 Å². The summed E-state index contributed by atoms with van der Waals surface area (Å²) in [6.45, 7) is 3.50. The molecule has 4 aromatic carbocycles. The summed E-state index contributed by atoms with van der Waals surface area (Å²) in [6, 6.07) is 31.4. The normalized spacial score (nSPS) is 11.9. The molecule has 1 N–H and O–H groups in total. The number of carbonyl (C=O) groups is 2. The zero-order chi connectivity index (χ0) is 29.4. The largest absolute Gasteiger partial charge is 0.357 e. The van der Waals surface area contributed by atoms with Crippen LogP contribution in [0.15, 0.2) is 114 Å². The van der Waals surface area contributed by atoms with E-state index in [1.807, 2.05) is 68.4 Å². The summed E-state index contributed by atoms with van der Waals surface area (Å²) in [5, 5.41) is 2.70. The van der Waals surface area contributed by atoms with Crippen LogP contribution in [0.25, 0.3) is 0 Å². The molecule has 7 nitrogen and oxygen atoms in total. The fourth-order valence-electron chi connectivity index (χ4n) is 4.69. The van der Waals surface area contributed by atoms with Gasteiger partial charge in [0.2, 0.25) is 11.8 Å². The number of hydrogen-bond donors (Lipinski definition) is 1. The molecule has 212 valence electrons. The second-order valence-electron chi connectivity index (χ2n) is 9.99. The van der Waals surface area contributed by atoms with Crippen molar-refractivity contribution in [1.29, 1.82) is 0 Å². The Labute approximate surface area is 242 Å². The maximum absolute atomic E-state index is 14.2. The molecule has 41 heavy (non-hydrogen) atoms. The van der Waals surface area contributed by atoms with Gasteiger partial charge in [0.15, 0.2) is 0 Å². The average Bonchev–Trinajstić information content (AvgIpc) is 2.98. The Morgan fingerprint density at radius 2 is 1.37 bits per heavy atom. The number of sulfonamides is 1. The highest BCUT2D eigenvalue weighted by atomic mass is 32.2. The van der Waals surface area contributed by atoms with E-state index in [1.54, 1.807) is 54.6 Å². The van der Waals surface area contributed by atoms with Crippen LogP contribution in [0.2, 0.25) is 0 Å². The number of anilines is 1. The second-order valence-corrected chi connectivity index (χ2v) is 11.9. The lowest BCUT2D eigenvalue weighted by atomic mass is 10.0. The van der Waals surface area contributed by atoms with Gasteiger partial charge in [-0.15, -0.1) is 0 Å². The molecule has 4 rings (SSSR count). The molecule has 0 saturated heterocycles. The summed E-state index contributed by atoms with van der Waals surface area (Å²) in [5.74, 6) is -0.821. The van der Waals surface area contributed by atoms with E-state index in [1.165, 1.54) is 11.9 Å². The number of likely N-dealkylation sites (N-methyl/N-ethyl adjacent to an activating group) is 1. The van der Waals surface area contributed by atoms with Crippen LogP contribution in [0, 0.1) is 13.8 Å². The van der Waals surface area contributed by atoms with Gasteiger partial charge in [0.05, 0.1) is 10.6 Å². The van der Waals surface area contributed by atoms with E-state index in [9.17, 15) is 18.0 Å². The fraction of sp³-hybridized carbons (Fsp3) is 0.212. The van der Waals surface area contributed by atoms with E-state index in [-0.39, 0.29) is 23.8 Å². The molecule has 0 aliphatic rings. The second kappa shape index (κ2) is 13.3. The van der Waals surface area contributed by atoms with Gasteiger partial charge in [0, 0.05) is 20.0 Å². The van der Waals surface area contributed by atoms with Crippen molar-refractivity contribution < 1.29 is 18.0 Å². The number of hydrogen-bond acceptors (Lipinski definition) is 4. The summed E-state index contributed by atoms with van der Waals surface area (Å²) >= 11 is 0. The van der Waals surface area contributed by atoms with Crippen LogP contribution in [-0.4, -0.2) is 44.8 Å². The lowest BCUT2D eigenvalue weighted by molar-refractivity contribution is -0.139. The standard InChI is InChI=1S/C33H35N3O4S/c1-25-17-19-30(20-18-25)41(39,40)36(29-15-8-5-9-16-29)24-32(37)35(23-28-14-10-11-26(2)21-28)31(33(38)34-3)22-27-12-6-4-7-13-27/h4-21,31H,22-24H2,1-3H3,(H,34,38)/t31-/m1/s1. The number of para-hydroxylation sites is 1. The molecule has 0 saturated carbocycles. The van der Waals surface area contributed by atoms with E-state index >= 15 is 0 Å². The summed E-state index contributed by atoms with van der Waals surface area (Å²) in [4.78, 5) is 29.1. The van der Waals surface area contributed by atoms with Crippen LogP contribution in [0.5, 0.6) is 0 Å². The lowest BCUT2D eigenvalue weighted by Gasteiger charge is -2.33. The molecule has 8 heteroatoms. The van der Waals surface area contributed by atoms with Crippen molar-refractivity contribution in [3.05, 3.63) is 131 Å². The number of rotatable bonds is 11. The molecular formula is C33H35N3O4S. The van der Waals surface area contributed by atoms with Gasteiger partial charge in [0.1, 0.15) is 12.6 Å². The molecule has 1 atom stereocenters. The summed E-state index contributed by atoms with van der Waals surface area (Å²) in [7, 11) is -2.57. The SMILES string of the molecule is CNC(=O)[C@@H](Cc1ccccc1)N(Cc1cccc(C)c1)C(=O)CN(c1ccccc1)S(=O)(=O)c1ccc(C)cc1. The van der Waals surface area contributed by atoms with Gasteiger partial charge in [-0.3, -0.25) is 13.9 Å². The molecule has 0 aliphatic heterocycles. The Hall–Kier alpha value is -4.43. The summed E-state index contributed by atoms with van der Waals surface area (Å²) < 4.78 is 29.0. The number of aryl methyl sites for hydroxylation is 2. The number of nitrogens with one attached hydrogen (secondary N) is 1. The molecule has 0 spiro atoms. The molecule has 0 heterocycles. The molecular weight excluding hydrogens is 534 g/mol. The summed E-state index contributed by atoms with van der Waals surface area (Å²) in [5.41, 5.74) is 4.02. The minimum atomic E-state index is -4.10. The first-order valence-corrected chi connectivity index (χ1v) is 14.9. The lowest BCUT2D eigenvalue weighted by Crippen LogP contribution is -2.53. The first-order chi connectivity index (χ1) is 19.7. The van der Waals surface area contributed by atoms with Crippen LogP contribution in [0.1, 0.15) is 22.3 Å². The van der Waals surface area contributed by atoms with E-state index in [4.69, 9.17) is 0 Å². The molecule has 0 unspecified atom stereocenters. The highest BCUT2D eigenvalue weighted by molar-refractivity contribution is 7.92. The van der Waals surface area contributed by atoms with Crippen molar-refractivity contribution in [1.82, 2.24) is 10.2 Å². The van der Waals surface area contributed by atoms with Gasteiger partial charge in [-0.05, 0) is 49.2 Å². The van der Waals surface area contributed by atoms with Gasteiger partial charge in [-0.25, -0.2) is 8.42 Å². The summed E-state index contributed by atoms with van der Waals surface area (Å²) in [6.07, 6.45) is 0.272. The van der Waals surface area contributed by atoms with E-state index in [2.05, 4.69) is 5.32 Å². The maximum Gasteiger partial charge on any atom is 0.264 e. The van der Waals surface area contributed by atoms with Crippen molar-refractivity contribution in [3.63, 3.8) is 0 Å². The predicted molar refractivity (Wildman–Crippen MR) is 162 cm³/mol. The third-order valence-electron chi connectivity index (χ3n) is 6.88. The maximum atomic E-state index is 14.2. The third-order valence-corrected chi connectivity index (χ3v) is 8.67. The smallest absolute Gasteiger partial charge is 0.264 e. The Kier molecular flexibility index (Phi) is 9.57. The highest BCUT2D eigenvalue weighted by Gasteiger charge is 2.34. The zero-order valence-corrected chi connectivity index (χ0v) is 24.3. The van der Waals surface area contributed by atoms with Crippen molar-refractivity contribution in [3.8, 4) is 0 Å². The molecule has 0 aliphatic carbocycles. The van der Waals surface area contributed by atoms with Crippen LogP contribution < -0.4 is 9.62 Å². The van der Waals surface area contributed by atoms with Crippen molar-refractivity contribution in [2.75, 3.05) is 17.9 Å². The Morgan fingerprint density at radius 3 is 1.98 bits per heavy atom. The molecule has 0 aromatic heterocycles. The van der Waals surface area contributed by atoms with Crippen LogP contribution in [-0.2, 0) is 32.6 Å². The molecule has 0 radical (unpaired) electrons. The zero-order valence-electron chi connectivity index (χ0n) is 23.5. The van der Waals surface area contributed by atoms with Crippen LogP contribution in [0.4, 0.5) is 5.69 Å². The average molecular weight is 570 g/mol. The number of nitrogens with zero attached hydrogens (tertiary/aromatic N) is 2. The number of carbonyl (C=O) groups excluding carboxylic acids is 2.